The molecule has 0 saturated carbocycles. The van der Waals surface area contributed by atoms with Gasteiger partial charge in [0, 0.05) is 161 Å². The Hall–Kier alpha value is -12.1. The lowest BCUT2D eigenvalue weighted by Crippen LogP contribution is -2.54. The lowest BCUT2D eigenvalue weighted by molar-refractivity contribution is -0.158. The number of hydrogen-bond acceptors (Lipinski definition) is 20. The number of halogens is 9. The summed E-state index contributed by atoms with van der Waals surface area (Å²) in [5, 5.41) is 12.1. The molecule has 0 aromatic carbocycles. The molecule has 1 aliphatic heterocycles. The molecule has 109 heavy (non-hydrogen) atoms. The van der Waals surface area contributed by atoms with Crippen molar-refractivity contribution in [1.29, 1.82) is 0 Å². The van der Waals surface area contributed by atoms with Gasteiger partial charge in [0.15, 0.2) is 46.6 Å². The molecule has 13 rings (SSSR count). The van der Waals surface area contributed by atoms with Crippen LogP contribution in [0.15, 0.2) is 129 Å². The lowest BCUT2D eigenvalue weighted by atomic mass is 9.97. The Morgan fingerprint density at radius 3 is 1.50 bits per heavy atom. The summed E-state index contributed by atoms with van der Waals surface area (Å²) in [5.74, 6) is -0.741. The van der Waals surface area contributed by atoms with E-state index in [1.54, 1.807) is 105 Å². The number of carbonyl (C=O) groups excluding carboxylic acids is 4. The molecule has 7 N–H and O–H groups in total. The number of H-pyrrole nitrogens is 4. The molecule has 3 atom stereocenters. The molecule has 13 heterocycles. The van der Waals surface area contributed by atoms with Crippen molar-refractivity contribution >= 4 is 103 Å². The number of anilines is 4. The first-order valence-corrected chi connectivity index (χ1v) is 34.4. The van der Waals surface area contributed by atoms with Crippen molar-refractivity contribution in [2.75, 3.05) is 81.8 Å². The Morgan fingerprint density at radius 1 is 0.560 bits per heavy atom. The van der Waals surface area contributed by atoms with Crippen LogP contribution in [0.1, 0.15) is 68.4 Å². The van der Waals surface area contributed by atoms with Gasteiger partial charge in [0.1, 0.15) is 70.5 Å². The fraction of sp³-hybridized carbons (Fsp3) is 0.333. The number of nitrogens with one attached hydrogen (secondary N) is 7. The smallest absolute Gasteiger partial charge is 0.359 e. The zero-order valence-corrected chi connectivity index (χ0v) is 61.6. The third-order valence-corrected chi connectivity index (χ3v) is 17.8. The number of nitrogens with zero attached hydrogens (tertiary/aromatic N) is 17. The van der Waals surface area contributed by atoms with E-state index in [0.717, 1.165) is 84.6 Å². The number of amides is 4. The van der Waals surface area contributed by atoms with Crippen LogP contribution in [-0.4, -0.2) is 219 Å². The minimum Gasteiger partial charge on any atom is -0.359 e. The Kier molecular flexibility index (Phi) is 24.3. The normalized spacial score (nSPS) is 14.2. The van der Waals surface area contributed by atoms with Gasteiger partial charge >= 0.3 is 12.4 Å². The van der Waals surface area contributed by atoms with E-state index >= 15 is 0 Å². The van der Waals surface area contributed by atoms with E-state index in [2.05, 4.69) is 95.6 Å². The van der Waals surface area contributed by atoms with Gasteiger partial charge in [0.2, 0.25) is 23.6 Å². The van der Waals surface area contributed by atoms with Crippen LogP contribution in [-0.2, 0) is 19.2 Å². The van der Waals surface area contributed by atoms with Gasteiger partial charge in [-0.25, -0.2) is 68.6 Å². The summed E-state index contributed by atoms with van der Waals surface area (Å²) in [5.41, 5.74) is 3.96. The highest BCUT2D eigenvalue weighted by atomic mass is 35.5. The monoisotopic (exact) mass is 1540 g/mol. The minimum atomic E-state index is -4.53. The minimum absolute atomic E-state index is 0. The highest BCUT2D eigenvalue weighted by molar-refractivity contribution is 6.31. The molecule has 0 aliphatic carbocycles. The van der Waals surface area contributed by atoms with Crippen molar-refractivity contribution in [3.05, 3.63) is 146 Å². The Morgan fingerprint density at radius 2 is 1.00 bits per heavy atom. The van der Waals surface area contributed by atoms with E-state index in [9.17, 15) is 54.3 Å². The van der Waals surface area contributed by atoms with Crippen LogP contribution in [0, 0.1) is 11.6 Å². The third-order valence-electron chi connectivity index (χ3n) is 17.6. The molecule has 0 bridgehead atoms. The maximum absolute atomic E-state index is 14.3. The summed E-state index contributed by atoms with van der Waals surface area (Å²) in [6.07, 6.45) is 11.5. The van der Waals surface area contributed by atoms with Gasteiger partial charge in [0.05, 0.1) is 17.4 Å². The standard InChI is InChI=1S/C20H23ClN6O.C18H21FN6O.C17H16F4N6O.C17H17F3N6O.5H2/c1-4-26(3)19(28)20(2)7-5-9-27(20)16-6-8-22-18(25-16)15-12-24-17-14(15)10-13(21)11-23-17;1-5-25(4)17(26)18(2,3)24-16-13(19)10-22-15(23-16)12-9-21-14-11(12)7-6-8-20-14;1-9(16(28)27(2)8-17(19,20)21)25-15-12(18)7-24-14(26-15)11-6-23-13-10(11)4-3-5-22-13;1-10(16(27)26(2)9-17(18,19)20)24-13-5-7-22-15(25-13)12-8-23-14-11(12)4-3-6-21-14;;;;;/h6,8,10-12H,4-5,7,9H2,1-3H3,(H,23,24);6-10H,5H2,1-4H3,(H,20,21)(H,22,23,24);3-7,9H,8H2,1-2H3,(H,22,23)(H,24,25,26);3-8,10H,9H2,1-2H3,(H,21,23)(H,22,24,25);5*1H/t;;9-;10-;;;;;/m..11...../s1. The molecular weight excluding hydrogens is 1450 g/mol. The van der Waals surface area contributed by atoms with Crippen LogP contribution in [0.2, 0.25) is 5.02 Å². The van der Waals surface area contributed by atoms with E-state index in [0.29, 0.717) is 84.7 Å². The molecule has 1 fully saturated rings. The zero-order valence-electron chi connectivity index (χ0n) is 60.9. The van der Waals surface area contributed by atoms with E-state index in [-0.39, 0.29) is 36.4 Å². The largest absolute Gasteiger partial charge is 0.406 e. The molecule has 37 heteroatoms. The van der Waals surface area contributed by atoms with Gasteiger partial charge in [-0.15, -0.1) is 0 Å². The van der Waals surface area contributed by atoms with Crippen LogP contribution in [0.4, 0.5) is 58.4 Å². The van der Waals surface area contributed by atoms with Crippen LogP contribution in [0.3, 0.4) is 0 Å². The van der Waals surface area contributed by atoms with Crippen molar-refractivity contribution in [3.63, 3.8) is 0 Å². The average Bonchev–Trinajstić information content (AvgIpc) is 1.62. The van der Waals surface area contributed by atoms with Crippen molar-refractivity contribution in [2.24, 2.45) is 0 Å². The summed E-state index contributed by atoms with van der Waals surface area (Å²) in [6.45, 7) is 11.4. The second-order valence-electron chi connectivity index (χ2n) is 26.1. The molecule has 0 radical (unpaired) electrons. The average molecular weight is 1540 g/mol. The first-order chi connectivity index (χ1) is 51.7. The van der Waals surface area contributed by atoms with E-state index < -0.39 is 72.1 Å². The molecule has 1 saturated heterocycles. The van der Waals surface area contributed by atoms with Crippen molar-refractivity contribution in [1.82, 2.24) is 99.3 Å². The Balaban J connectivity index is 0.000000268. The zero-order chi connectivity index (χ0) is 78.9. The Labute approximate surface area is 630 Å². The van der Waals surface area contributed by atoms with Gasteiger partial charge in [-0.1, -0.05) is 11.6 Å². The van der Waals surface area contributed by atoms with Gasteiger partial charge in [0.25, 0.3) is 0 Å². The maximum Gasteiger partial charge on any atom is 0.406 e. The third kappa shape index (κ3) is 18.8. The number of likely N-dealkylation sites (N-methyl/N-ethyl adjacent to an activating group) is 4. The SMILES string of the molecule is CCN(C)C(=O)C(C)(C)Nc1nc(-c2c[nH]c3ncccc23)ncc1F.CCN(C)C(=O)C1(C)CCCN1c1ccnc(-c2c[nH]c3ncc(Cl)cc23)n1.C[C@@H](Nc1ccnc(-c2c[nH]c3ncccc23)n1)C(=O)N(C)CC(F)(F)F.C[C@@H](Nc1nc(-c2c[nH]c3ncccc23)ncc1F)C(=O)N(C)CC(F)(F)F.[HH].[HH].[HH].[HH].[HH]. The van der Waals surface area contributed by atoms with Gasteiger partial charge in [-0.2, -0.15) is 26.3 Å². The number of pyridine rings is 4. The second-order valence-corrected chi connectivity index (χ2v) is 26.5. The molecule has 28 nitrogen and oxygen atoms in total. The Bertz CT molecular complexity index is 5260. The number of hydrogen-bond donors (Lipinski definition) is 7. The lowest BCUT2D eigenvalue weighted by Gasteiger charge is -2.37. The van der Waals surface area contributed by atoms with Gasteiger partial charge < -0.3 is 60.4 Å². The molecule has 12 aromatic rings. The topological polar surface area (TPSA) is 338 Å². The van der Waals surface area contributed by atoms with Crippen LogP contribution in [0.25, 0.3) is 89.7 Å². The summed E-state index contributed by atoms with van der Waals surface area (Å²) in [4.78, 5) is 120. The van der Waals surface area contributed by atoms with Gasteiger partial charge in [-0.3, -0.25) is 19.2 Å². The number of aromatic amines is 4. The second kappa shape index (κ2) is 33.4. The first kappa shape index (κ1) is 79.5. The quantitative estimate of drug-likeness (QED) is 0.0370. The first-order valence-electron chi connectivity index (χ1n) is 34.0. The predicted molar refractivity (Wildman–Crippen MR) is 407 cm³/mol. The molecular formula is C72H87ClF8N24O4. The van der Waals surface area contributed by atoms with Crippen LogP contribution >= 0.6 is 11.6 Å². The molecule has 0 spiro atoms. The fourth-order valence-electron chi connectivity index (χ4n) is 11.9. The van der Waals surface area contributed by atoms with E-state index in [1.165, 1.54) is 20.0 Å². The molecule has 12 aromatic heterocycles. The molecule has 582 valence electrons. The van der Waals surface area contributed by atoms with Crippen molar-refractivity contribution < 1.29 is 61.4 Å². The summed E-state index contributed by atoms with van der Waals surface area (Å²) < 4.78 is 103. The van der Waals surface area contributed by atoms with Crippen LogP contribution < -0.4 is 20.9 Å². The number of aromatic nitrogens is 16. The summed E-state index contributed by atoms with van der Waals surface area (Å²) in [6, 6.07) is 14.1. The van der Waals surface area contributed by atoms with Crippen LogP contribution in [0.5, 0.6) is 0 Å². The fourth-order valence-corrected chi connectivity index (χ4v) is 12.1. The maximum atomic E-state index is 14.3. The predicted octanol–water partition coefficient (Wildman–Crippen LogP) is 13.4. The van der Waals surface area contributed by atoms with Gasteiger partial charge in [-0.05, 0) is 116 Å². The molecule has 4 amide bonds. The summed E-state index contributed by atoms with van der Waals surface area (Å²) >= 11 is 6.12. The number of fused-ring (bicyclic) bond motifs is 4. The van der Waals surface area contributed by atoms with Crippen molar-refractivity contribution in [3.8, 4) is 45.6 Å². The van der Waals surface area contributed by atoms with Crippen molar-refractivity contribution in [2.45, 2.75) is 96.8 Å². The highest BCUT2D eigenvalue weighted by Gasteiger charge is 2.45. The molecule has 1 aliphatic rings. The van der Waals surface area contributed by atoms with E-state index in [4.69, 9.17) is 16.6 Å². The van der Waals surface area contributed by atoms with E-state index in [1.807, 2.05) is 64.3 Å². The number of alkyl halides is 6. The highest BCUT2D eigenvalue weighted by Crippen LogP contribution is 2.37. The number of carbonyl (C=O) groups is 4. The molecule has 1 unspecified atom stereocenters. The summed E-state index contributed by atoms with van der Waals surface area (Å²) in [7, 11) is 5.68. The number of rotatable bonds is 19.